The van der Waals surface area contributed by atoms with Crippen LogP contribution in [0, 0.1) is 5.41 Å². The first-order valence-corrected chi connectivity index (χ1v) is 10.4. The van der Waals surface area contributed by atoms with E-state index >= 15 is 0 Å². The predicted octanol–water partition coefficient (Wildman–Crippen LogP) is 4.64. The van der Waals surface area contributed by atoms with Gasteiger partial charge in [-0.1, -0.05) is 59.6 Å². The number of ether oxygens (including phenoxy) is 1. The Morgan fingerprint density at radius 3 is 1.90 bits per heavy atom. The van der Waals surface area contributed by atoms with Crippen molar-refractivity contribution < 1.29 is 14.6 Å². The second-order valence-corrected chi connectivity index (χ2v) is 8.73. The van der Waals surface area contributed by atoms with Gasteiger partial charge in [-0.2, -0.15) is 0 Å². The van der Waals surface area contributed by atoms with E-state index in [9.17, 15) is 4.79 Å². The molecule has 6 heteroatoms. The molecule has 0 aromatic heterocycles. The highest BCUT2D eigenvalue weighted by molar-refractivity contribution is 7.13. The molecule has 5 N–H and O–H groups in total. The number of hydrogen-bond donors (Lipinski definition) is 3. The van der Waals surface area contributed by atoms with Crippen LogP contribution in [0.5, 0.6) is 5.75 Å². The molecule has 1 atom stereocenters. The summed E-state index contributed by atoms with van der Waals surface area (Å²) < 4.78 is 5.97. The van der Waals surface area contributed by atoms with E-state index in [0.717, 1.165) is 28.9 Å². The van der Waals surface area contributed by atoms with Gasteiger partial charge in [-0.3, -0.25) is 4.79 Å². The topological polar surface area (TPSA) is 98.6 Å². The summed E-state index contributed by atoms with van der Waals surface area (Å²) >= 11 is 0. The van der Waals surface area contributed by atoms with Gasteiger partial charge >= 0.3 is 5.97 Å². The van der Waals surface area contributed by atoms with Crippen molar-refractivity contribution >= 4 is 15.4 Å². The van der Waals surface area contributed by atoms with Crippen molar-refractivity contribution in [2.75, 3.05) is 6.61 Å². The minimum Gasteiger partial charge on any atom is -0.493 e. The molecule has 2 aromatic carbocycles. The zero-order valence-corrected chi connectivity index (χ0v) is 19.1. The molecule has 1 unspecified atom stereocenters. The molecule has 0 aliphatic rings. The number of carbonyl (C=O) groups is 1. The highest BCUT2D eigenvalue weighted by atomic mass is 31.0. The first-order chi connectivity index (χ1) is 13.5. The molecule has 2 aromatic rings. The van der Waals surface area contributed by atoms with Crippen molar-refractivity contribution in [3.05, 3.63) is 54.1 Å². The maximum absolute atomic E-state index is 10.7. The van der Waals surface area contributed by atoms with Crippen LogP contribution in [-0.2, 0) is 11.2 Å². The number of nitrogens with two attached hydrogens (primary N) is 2. The van der Waals surface area contributed by atoms with Crippen LogP contribution in [0.25, 0.3) is 11.1 Å². The van der Waals surface area contributed by atoms with Crippen molar-refractivity contribution in [2.45, 2.75) is 52.5 Å². The van der Waals surface area contributed by atoms with E-state index in [2.05, 4.69) is 19.4 Å². The van der Waals surface area contributed by atoms with Gasteiger partial charge in [0.05, 0.1) is 6.61 Å². The van der Waals surface area contributed by atoms with Crippen LogP contribution in [0.4, 0.5) is 0 Å². The SMILES string of the molecule is CC(C)(N)CC(C)(C)COc1ccc(-c2ccc(CCC(=O)O)cc2)cc1.NP. The molecule has 0 saturated heterocycles. The van der Waals surface area contributed by atoms with Gasteiger partial charge in [-0.25, -0.2) is 0 Å². The third-order valence-corrected chi connectivity index (χ3v) is 4.33. The summed E-state index contributed by atoms with van der Waals surface area (Å²) in [6.07, 6.45) is 1.59. The van der Waals surface area contributed by atoms with Crippen LogP contribution in [0.1, 0.15) is 46.1 Å². The van der Waals surface area contributed by atoms with E-state index in [1.165, 1.54) is 0 Å². The largest absolute Gasteiger partial charge is 0.493 e. The normalized spacial score (nSPS) is 11.4. The zero-order valence-electron chi connectivity index (χ0n) is 17.9. The van der Waals surface area contributed by atoms with Gasteiger partial charge in [0.1, 0.15) is 5.75 Å². The molecular formula is C23H35N2O3P. The lowest BCUT2D eigenvalue weighted by atomic mass is 9.81. The molecular weight excluding hydrogens is 383 g/mol. The van der Waals surface area contributed by atoms with E-state index < -0.39 is 5.97 Å². The fraction of sp³-hybridized carbons (Fsp3) is 0.435. The van der Waals surface area contributed by atoms with Crippen molar-refractivity contribution in [1.29, 1.82) is 0 Å². The molecule has 0 saturated carbocycles. The molecule has 2 rings (SSSR count). The second-order valence-electron chi connectivity index (χ2n) is 8.73. The van der Waals surface area contributed by atoms with Gasteiger partial charge in [0.25, 0.3) is 0 Å². The van der Waals surface area contributed by atoms with Crippen LogP contribution in [0.3, 0.4) is 0 Å². The molecule has 5 nitrogen and oxygen atoms in total. The first kappa shape index (κ1) is 25.1. The fourth-order valence-corrected chi connectivity index (χ4v) is 3.42. The van der Waals surface area contributed by atoms with Crippen molar-refractivity contribution in [1.82, 2.24) is 0 Å². The van der Waals surface area contributed by atoms with E-state index in [4.69, 9.17) is 15.6 Å². The molecule has 0 amide bonds. The zero-order chi connectivity index (χ0) is 22.1. The van der Waals surface area contributed by atoms with Crippen LogP contribution in [0.15, 0.2) is 48.5 Å². The average Bonchev–Trinajstić information content (AvgIpc) is 2.65. The summed E-state index contributed by atoms with van der Waals surface area (Å²) in [6, 6.07) is 16.1. The maximum Gasteiger partial charge on any atom is 0.303 e. The van der Waals surface area contributed by atoms with Crippen LogP contribution in [0.2, 0.25) is 0 Å². The van der Waals surface area contributed by atoms with Crippen LogP contribution < -0.4 is 16.0 Å². The lowest BCUT2D eigenvalue weighted by Gasteiger charge is -2.32. The minimum absolute atomic E-state index is 0.00268. The highest BCUT2D eigenvalue weighted by Gasteiger charge is 2.26. The fourth-order valence-electron chi connectivity index (χ4n) is 3.42. The lowest BCUT2D eigenvalue weighted by molar-refractivity contribution is -0.136. The van der Waals surface area contributed by atoms with Gasteiger partial charge in [0.15, 0.2) is 0 Å². The lowest BCUT2D eigenvalue weighted by Crippen LogP contribution is -2.39. The third-order valence-electron chi connectivity index (χ3n) is 4.33. The predicted molar refractivity (Wildman–Crippen MR) is 124 cm³/mol. The van der Waals surface area contributed by atoms with Crippen LogP contribution >= 0.6 is 9.39 Å². The van der Waals surface area contributed by atoms with E-state index in [1.807, 2.05) is 71.8 Å². The number of rotatable bonds is 9. The van der Waals surface area contributed by atoms with E-state index in [-0.39, 0.29) is 17.4 Å². The summed E-state index contributed by atoms with van der Waals surface area (Å²) in [5, 5.41) is 8.76. The monoisotopic (exact) mass is 418 g/mol. The molecule has 29 heavy (non-hydrogen) atoms. The summed E-state index contributed by atoms with van der Waals surface area (Å²) in [5.41, 5.74) is 13.6. The highest BCUT2D eigenvalue weighted by Crippen LogP contribution is 2.28. The summed E-state index contributed by atoms with van der Waals surface area (Å²) in [7, 11) is 1.92. The molecule has 0 spiro atoms. The smallest absolute Gasteiger partial charge is 0.303 e. The molecule has 0 bridgehead atoms. The number of hydrogen-bond acceptors (Lipinski definition) is 4. The van der Waals surface area contributed by atoms with Crippen molar-refractivity contribution in [2.24, 2.45) is 16.7 Å². The van der Waals surface area contributed by atoms with Crippen LogP contribution in [-0.4, -0.2) is 23.2 Å². The Morgan fingerprint density at radius 1 is 0.966 bits per heavy atom. The Morgan fingerprint density at radius 2 is 1.45 bits per heavy atom. The summed E-state index contributed by atoms with van der Waals surface area (Å²) in [4.78, 5) is 10.7. The van der Waals surface area contributed by atoms with E-state index in [0.29, 0.717) is 13.0 Å². The Bertz CT molecular complexity index is 751. The van der Waals surface area contributed by atoms with Crippen molar-refractivity contribution in [3.63, 3.8) is 0 Å². The average molecular weight is 419 g/mol. The summed E-state index contributed by atoms with van der Waals surface area (Å²) in [5.74, 6) is 0.0765. The molecule has 0 aliphatic carbocycles. The standard InChI is InChI=1S/C23H31NO3.H4NP/c1-22(2,15-23(3,4)24)16-27-20-12-10-19(11-13-20)18-8-5-17(6-9-18)7-14-21(25)26;1-2/h5-6,8-13H,7,14-16,24H2,1-4H3,(H,25,26);1-2H2. The van der Waals surface area contributed by atoms with Crippen molar-refractivity contribution in [3.8, 4) is 16.9 Å². The van der Waals surface area contributed by atoms with E-state index in [1.54, 1.807) is 0 Å². The number of carboxylic acids is 1. The molecule has 0 fully saturated rings. The quantitative estimate of drug-likeness (QED) is 0.515. The number of aliphatic carboxylic acids is 1. The number of carboxylic acid groups (broad SMARTS) is 1. The molecule has 0 heterocycles. The Hall–Kier alpha value is -1.94. The second kappa shape index (κ2) is 11.3. The Kier molecular flexibility index (Phi) is 9.78. The Balaban J connectivity index is 0.00000204. The maximum atomic E-state index is 10.7. The Labute approximate surface area is 177 Å². The number of benzene rings is 2. The molecule has 0 radical (unpaired) electrons. The molecule has 160 valence electrons. The minimum atomic E-state index is -0.770. The summed E-state index contributed by atoms with van der Waals surface area (Å²) in [6.45, 7) is 9.03. The first-order valence-electron chi connectivity index (χ1n) is 9.70. The number of aryl methyl sites for hydroxylation is 1. The molecule has 0 aliphatic heterocycles. The third kappa shape index (κ3) is 9.89. The van der Waals surface area contributed by atoms with Gasteiger partial charge in [0.2, 0.25) is 0 Å². The van der Waals surface area contributed by atoms with Gasteiger partial charge in [-0.05, 0) is 55.5 Å². The van der Waals surface area contributed by atoms with Gasteiger partial charge in [0, 0.05) is 17.4 Å². The van der Waals surface area contributed by atoms with Gasteiger partial charge in [-0.15, -0.1) is 0 Å². The van der Waals surface area contributed by atoms with Gasteiger partial charge < -0.3 is 21.1 Å².